The molecule has 1 aromatic heterocycles. The van der Waals surface area contributed by atoms with Gasteiger partial charge in [-0.05, 0) is 6.42 Å². The van der Waals surface area contributed by atoms with Gasteiger partial charge in [0.25, 0.3) is 10.0 Å². The first-order chi connectivity index (χ1) is 7.06. The van der Waals surface area contributed by atoms with Crippen LogP contribution in [0.3, 0.4) is 0 Å². The molecule has 1 heterocycles. The maximum absolute atomic E-state index is 11.6. The van der Waals surface area contributed by atoms with Gasteiger partial charge in [0.1, 0.15) is 0 Å². The number of imidazole rings is 1. The Hall–Kier alpha value is -0.920. The molecule has 0 aliphatic carbocycles. The average Bonchev–Trinajstić information content (AvgIpc) is 2.69. The van der Waals surface area contributed by atoms with E-state index in [4.69, 9.17) is 5.73 Å². The van der Waals surface area contributed by atoms with Gasteiger partial charge in [-0.25, -0.2) is 18.1 Å². The van der Waals surface area contributed by atoms with Gasteiger partial charge in [0.2, 0.25) is 0 Å². The molecule has 6 nitrogen and oxygen atoms in total. The maximum Gasteiger partial charge on any atom is 0.257 e. The van der Waals surface area contributed by atoms with Crippen molar-refractivity contribution < 1.29 is 8.42 Å². The van der Waals surface area contributed by atoms with Gasteiger partial charge in [-0.3, -0.25) is 0 Å². The molecular formula is C8H16N4O2S. The minimum absolute atomic E-state index is 0.0613. The summed E-state index contributed by atoms with van der Waals surface area (Å²) in [6.07, 6.45) is 4.31. The van der Waals surface area contributed by atoms with Crippen molar-refractivity contribution in [1.82, 2.24) is 14.7 Å². The molecule has 0 saturated carbocycles. The van der Waals surface area contributed by atoms with E-state index in [1.54, 1.807) is 0 Å². The van der Waals surface area contributed by atoms with E-state index in [-0.39, 0.29) is 17.6 Å². The summed E-state index contributed by atoms with van der Waals surface area (Å²) in [6, 6.07) is -0.146. The van der Waals surface area contributed by atoms with E-state index in [0.29, 0.717) is 0 Å². The molecule has 86 valence electrons. The Kier molecular flexibility index (Phi) is 4.25. The fourth-order valence-electron chi connectivity index (χ4n) is 1.16. The third-order valence-electron chi connectivity index (χ3n) is 1.96. The summed E-state index contributed by atoms with van der Waals surface area (Å²) < 4.78 is 25.6. The zero-order valence-corrected chi connectivity index (χ0v) is 9.42. The smallest absolute Gasteiger partial charge is 0.257 e. The van der Waals surface area contributed by atoms with Gasteiger partial charge in [-0.2, -0.15) is 0 Å². The number of nitrogens with two attached hydrogens (primary N) is 1. The third-order valence-corrected chi connectivity index (χ3v) is 3.31. The van der Waals surface area contributed by atoms with E-state index in [9.17, 15) is 8.42 Å². The van der Waals surface area contributed by atoms with Gasteiger partial charge in [-0.15, -0.1) is 0 Å². The highest BCUT2D eigenvalue weighted by atomic mass is 32.2. The van der Waals surface area contributed by atoms with Crippen molar-refractivity contribution in [1.29, 1.82) is 0 Å². The lowest BCUT2D eigenvalue weighted by atomic mass is 10.2. The van der Waals surface area contributed by atoms with E-state index in [2.05, 4.69) is 14.7 Å². The standard InChI is InChI=1S/C8H16N4O2S/c1-2-3-7(9)4-12-15(13,14)8-5-10-6-11-8/h5-7,12H,2-4,9H2,1H3,(H,10,11). The van der Waals surface area contributed by atoms with Crippen LogP contribution in [0.15, 0.2) is 17.6 Å². The zero-order valence-electron chi connectivity index (χ0n) is 8.60. The average molecular weight is 232 g/mol. The summed E-state index contributed by atoms with van der Waals surface area (Å²) in [6.45, 7) is 2.25. The summed E-state index contributed by atoms with van der Waals surface area (Å²) in [5.74, 6) is 0. The minimum Gasteiger partial charge on any atom is -0.335 e. The van der Waals surface area contributed by atoms with Gasteiger partial charge in [0.05, 0.1) is 12.5 Å². The van der Waals surface area contributed by atoms with Crippen LogP contribution >= 0.6 is 0 Å². The molecule has 0 radical (unpaired) electrons. The van der Waals surface area contributed by atoms with Crippen molar-refractivity contribution in [3.8, 4) is 0 Å². The fourth-order valence-corrected chi connectivity index (χ4v) is 2.15. The molecule has 4 N–H and O–H groups in total. The monoisotopic (exact) mass is 232 g/mol. The van der Waals surface area contributed by atoms with Crippen molar-refractivity contribution in [3.63, 3.8) is 0 Å². The largest absolute Gasteiger partial charge is 0.335 e. The number of nitrogens with one attached hydrogen (secondary N) is 2. The third kappa shape index (κ3) is 3.61. The molecule has 15 heavy (non-hydrogen) atoms. The number of rotatable bonds is 6. The quantitative estimate of drug-likeness (QED) is 0.633. The second-order valence-electron chi connectivity index (χ2n) is 3.32. The summed E-state index contributed by atoms with van der Waals surface area (Å²) in [5.41, 5.74) is 5.69. The number of nitrogens with zero attached hydrogens (tertiary/aromatic N) is 1. The maximum atomic E-state index is 11.6. The second-order valence-corrected chi connectivity index (χ2v) is 5.05. The van der Waals surface area contributed by atoms with E-state index >= 15 is 0 Å². The Balaban J connectivity index is 2.52. The second kappa shape index (κ2) is 5.24. The predicted octanol–water partition coefficient (Wildman–Crippen LogP) is -0.185. The molecule has 0 saturated heterocycles. The van der Waals surface area contributed by atoms with Gasteiger partial charge < -0.3 is 10.7 Å². The molecule has 0 spiro atoms. The van der Waals surface area contributed by atoms with Crippen LogP contribution in [0.1, 0.15) is 19.8 Å². The van der Waals surface area contributed by atoms with Crippen molar-refractivity contribution in [3.05, 3.63) is 12.5 Å². The molecule has 0 aliphatic heterocycles. The summed E-state index contributed by atoms with van der Waals surface area (Å²) >= 11 is 0. The fraction of sp³-hybridized carbons (Fsp3) is 0.625. The number of hydrogen-bond acceptors (Lipinski definition) is 4. The van der Waals surface area contributed by atoms with Gasteiger partial charge in [0.15, 0.2) is 5.03 Å². The Morgan fingerprint density at radius 1 is 1.67 bits per heavy atom. The molecule has 1 unspecified atom stereocenters. The lowest BCUT2D eigenvalue weighted by Crippen LogP contribution is -2.37. The minimum atomic E-state index is -3.48. The highest BCUT2D eigenvalue weighted by Crippen LogP contribution is 2.02. The van der Waals surface area contributed by atoms with Crippen LogP contribution in [-0.4, -0.2) is 31.0 Å². The Morgan fingerprint density at radius 2 is 2.40 bits per heavy atom. The topological polar surface area (TPSA) is 101 Å². The number of hydrogen-bond donors (Lipinski definition) is 3. The van der Waals surface area contributed by atoms with Gasteiger partial charge in [0, 0.05) is 12.6 Å². The van der Waals surface area contributed by atoms with Crippen molar-refractivity contribution in [2.75, 3.05) is 6.54 Å². The molecule has 0 aromatic carbocycles. The summed E-state index contributed by atoms with van der Waals surface area (Å²) in [7, 11) is -3.48. The Labute approximate surface area is 89.3 Å². The normalized spacial score (nSPS) is 14.0. The molecule has 1 aromatic rings. The van der Waals surface area contributed by atoms with Crippen LogP contribution in [0.4, 0.5) is 0 Å². The number of aromatic amines is 1. The summed E-state index contributed by atoms with van der Waals surface area (Å²) in [4.78, 5) is 6.18. The molecule has 0 fully saturated rings. The lowest BCUT2D eigenvalue weighted by molar-refractivity contribution is 0.550. The van der Waals surface area contributed by atoms with Crippen LogP contribution in [0, 0.1) is 0 Å². The van der Waals surface area contributed by atoms with Crippen LogP contribution < -0.4 is 10.5 Å². The van der Waals surface area contributed by atoms with Gasteiger partial charge in [-0.1, -0.05) is 13.3 Å². The molecule has 0 aliphatic rings. The van der Waals surface area contributed by atoms with Gasteiger partial charge >= 0.3 is 0 Å². The zero-order chi connectivity index (χ0) is 11.3. The number of H-pyrrole nitrogens is 1. The van der Waals surface area contributed by atoms with Crippen LogP contribution in [0.5, 0.6) is 0 Å². The van der Waals surface area contributed by atoms with Crippen molar-refractivity contribution in [2.45, 2.75) is 30.8 Å². The molecule has 0 bridgehead atoms. The molecule has 0 amide bonds. The van der Waals surface area contributed by atoms with Crippen LogP contribution in [-0.2, 0) is 10.0 Å². The SMILES string of the molecule is CCCC(N)CNS(=O)(=O)c1cnc[nH]1. The van der Waals surface area contributed by atoms with Crippen molar-refractivity contribution >= 4 is 10.0 Å². The Bertz CT molecular complexity index is 373. The first-order valence-corrected chi connectivity index (χ1v) is 6.28. The first kappa shape index (κ1) is 12.2. The molecular weight excluding hydrogens is 216 g/mol. The first-order valence-electron chi connectivity index (χ1n) is 4.80. The predicted molar refractivity (Wildman–Crippen MR) is 56.7 cm³/mol. The highest BCUT2D eigenvalue weighted by Gasteiger charge is 2.15. The lowest BCUT2D eigenvalue weighted by Gasteiger charge is -2.10. The Morgan fingerprint density at radius 3 is 2.93 bits per heavy atom. The van der Waals surface area contributed by atoms with E-state index in [0.717, 1.165) is 12.8 Å². The highest BCUT2D eigenvalue weighted by molar-refractivity contribution is 7.89. The number of aromatic nitrogens is 2. The van der Waals surface area contributed by atoms with Crippen LogP contribution in [0.25, 0.3) is 0 Å². The molecule has 7 heteroatoms. The van der Waals surface area contributed by atoms with E-state index in [1.165, 1.54) is 12.5 Å². The van der Waals surface area contributed by atoms with Crippen LogP contribution in [0.2, 0.25) is 0 Å². The van der Waals surface area contributed by atoms with E-state index in [1.807, 2.05) is 6.92 Å². The number of sulfonamides is 1. The summed E-state index contributed by atoms with van der Waals surface area (Å²) in [5, 5.41) is 0.0613. The molecule has 1 atom stereocenters. The van der Waals surface area contributed by atoms with Crippen molar-refractivity contribution in [2.24, 2.45) is 5.73 Å². The molecule has 1 rings (SSSR count). The van der Waals surface area contributed by atoms with E-state index < -0.39 is 10.0 Å².